The standard InChI is InChI=1S/C16H20N4O2/c21-14-6-3-8-17-15(14)16(22)20-11-2-1-5-13(20)7-12-19-10-4-9-18-19/h3-4,6,8-10,13,21H,1-2,5,7,11-12H2/t13-/m1/s1. The molecule has 3 heterocycles. The van der Waals surface area contributed by atoms with Crippen LogP contribution < -0.4 is 0 Å². The lowest BCUT2D eigenvalue weighted by molar-refractivity contribution is 0.0584. The average molecular weight is 300 g/mol. The van der Waals surface area contributed by atoms with Crippen LogP contribution in [0.4, 0.5) is 0 Å². The Morgan fingerprint density at radius 2 is 2.23 bits per heavy atom. The fourth-order valence-corrected chi connectivity index (χ4v) is 2.98. The van der Waals surface area contributed by atoms with Crippen LogP contribution >= 0.6 is 0 Å². The lowest BCUT2D eigenvalue weighted by atomic mass is 9.98. The number of aromatic nitrogens is 3. The molecule has 0 radical (unpaired) electrons. The number of nitrogens with zero attached hydrogens (tertiary/aromatic N) is 4. The van der Waals surface area contributed by atoms with Gasteiger partial charge in [-0.1, -0.05) is 0 Å². The fourth-order valence-electron chi connectivity index (χ4n) is 2.98. The third-order valence-electron chi connectivity index (χ3n) is 4.13. The zero-order chi connectivity index (χ0) is 15.4. The van der Waals surface area contributed by atoms with E-state index in [2.05, 4.69) is 10.1 Å². The fraction of sp³-hybridized carbons (Fsp3) is 0.438. The van der Waals surface area contributed by atoms with E-state index >= 15 is 0 Å². The number of rotatable bonds is 4. The van der Waals surface area contributed by atoms with Gasteiger partial charge in [-0.2, -0.15) is 5.10 Å². The van der Waals surface area contributed by atoms with Crippen LogP contribution in [0.1, 0.15) is 36.2 Å². The first-order valence-corrected chi connectivity index (χ1v) is 7.68. The van der Waals surface area contributed by atoms with Gasteiger partial charge in [0.05, 0.1) is 0 Å². The molecule has 0 aromatic carbocycles. The molecule has 3 rings (SSSR count). The van der Waals surface area contributed by atoms with Crippen molar-refractivity contribution in [3.63, 3.8) is 0 Å². The van der Waals surface area contributed by atoms with Crippen molar-refractivity contribution in [3.8, 4) is 5.75 Å². The Morgan fingerprint density at radius 1 is 1.32 bits per heavy atom. The molecule has 116 valence electrons. The summed E-state index contributed by atoms with van der Waals surface area (Å²) in [5.74, 6) is -0.229. The summed E-state index contributed by atoms with van der Waals surface area (Å²) in [5.41, 5.74) is 0.147. The first kappa shape index (κ1) is 14.6. The van der Waals surface area contributed by atoms with E-state index in [1.165, 1.54) is 12.3 Å². The summed E-state index contributed by atoms with van der Waals surface area (Å²) < 4.78 is 1.88. The average Bonchev–Trinajstić information content (AvgIpc) is 3.06. The Hall–Kier alpha value is -2.37. The maximum absolute atomic E-state index is 12.7. The van der Waals surface area contributed by atoms with Gasteiger partial charge in [-0.05, 0) is 43.9 Å². The van der Waals surface area contributed by atoms with Gasteiger partial charge in [0.25, 0.3) is 5.91 Å². The van der Waals surface area contributed by atoms with Crippen LogP contribution in [0.3, 0.4) is 0 Å². The van der Waals surface area contributed by atoms with Crippen LogP contribution in [0.15, 0.2) is 36.8 Å². The molecular formula is C16H20N4O2. The molecule has 1 fully saturated rings. The van der Waals surface area contributed by atoms with E-state index in [1.807, 2.05) is 21.8 Å². The molecule has 0 bridgehead atoms. The van der Waals surface area contributed by atoms with Crippen molar-refractivity contribution in [1.82, 2.24) is 19.7 Å². The van der Waals surface area contributed by atoms with Crippen molar-refractivity contribution in [2.75, 3.05) is 6.54 Å². The van der Waals surface area contributed by atoms with E-state index in [9.17, 15) is 9.90 Å². The Morgan fingerprint density at radius 3 is 3.00 bits per heavy atom. The van der Waals surface area contributed by atoms with Crippen LogP contribution in [0.5, 0.6) is 5.75 Å². The summed E-state index contributed by atoms with van der Waals surface area (Å²) in [7, 11) is 0. The Balaban J connectivity index is 1.72. The van der Waals surface area contributed by atoms with Crippen molar-refractivity contribution >= 4 is 5.91 Å². The van der Waals surface area contributed by atoms with Gasteiger partial charge in [0.1, 0.15) is 5.75 Å². The second-order valence-corrected chi connectivity index (χ2v) is 5.58. The topological polar surface area (TPSA) is 71.2 Å². The summed E-state index contributed by atoms with van der Waals surface area (Å²) in [6, 6.07) is 5.20. The van der Waals surface area contributed by atoms with E-state index in [4.69, 9.17) is 0 Å². The Bertz CT molecular complexity index is 627. The highest BCUT2D eigenvalue weighted by Gasteiger charge is 2.29. The van der Waals surface area contributed by atoms with E-state index in [-0.39, 0.29) is 23.4 Å². The Labute approximate surface area is 129 Å². The first-order chi connectivity index (χ1) is 10.8. The third kappa shape index (κ3) is 3.10. The number of piperidine rings is 1. The predicted octanol–water partition coefficient (Wildman–Crippen LogP) is 2.07. The Kier molecular flexibility index (Phi) is 4.37. The number of carbonyl (C=O) groups excluding carboxylic acids is 1. The molecule has 6 nitrogen and oxygen atoms in total. The van der Waals surface area contributed by atoms with Gasteiger partial charge < -0.3 is 10.0 Å². The molecule has 2 aromatic heterocycles. The largest absolute Gasteiger partial charge is 0.505 e. The molecule has 1 aliphatic heterocycles. The number of hydrogen-bond acceptors (Lipinski definition) is 4. The maximum atomic E-state index is 12.7. The van der Waals surface area contributed by atoms with Crippen LogP contribution in [0, 0.1) is 0 Å². The normalized spacial score (nSPS) is 18.4. The summed E-state index contributed by atoms with van der Waals surface area (Å²) in [6.45, 7) is 1.51. The quantitative estimate of drug-likeness (QED) is 0.938. The number of hydrogen-bond donors (Lipinski definition) is 1. The summed E-state index contributed by atoms with van der Waals surface area (Å²) in [5, 5.41) is 14.1. The van der Waals surface area contributed by atoms with Crippen molar-refractivity contribution < 1.29 is 9.90 Å². The number of aromatic hydroxyl groups is 1. The number of likely N-dealkylation sites (tertiary alicyclic amines) is 1. The first-order valence-electron chi connectivity index (χ1n) is 7.68. The zero-order valence-electron chi connectivity index (χ0n) is 12.4. The zero-order valence-corrected chi connectivity index (χ0v) is 12.4. The van der Waals surface area contributed by atoms with Crippen molar-refractivity contribution in [3.05, 3.63) is 42.5 Å². The number of aryl methyl sites for hydroxylation is 1. The second kappa shape index (κ2) is 6.60. The van der Waals surface area contributed by atoms with Crippen molar-refractivity contribution in [1.29, 1.82) is 0 Å². The molecule has 0 saturated carbocycles. The van der Waals surface area contributed by atoms with E-state index in [1.54, 1.807) is 12.3 Å². The third-order valence-corrected chi connectivity index (χ3v) is 4.13. The highest BCUT2D eigenvalue weighted by molar-refractivity contribution is 5.95. The second-order valence-electron chi connectivity index (χ2n) is 5.58. The summed E-state index contributed by atoms with van der Waals surface area (Å²) in [4.78, 5) is 18.6. The predicted molar refractivity (Wildman–Crippen MR) is 81.4 cm³/mol. The molecule has 0 spiro atoms. The molecule has 1 saturated heterocycles. The van der Waals surface area contributed by atoms with Crippen LogP contribution in [-0.4, -0.2) is 43.3 Å². The van der Waals surface area contributed by atoms with Gasteiger partial charge >= 0.3 is 0 Å². The maximum Gasteiger partial charge on any atom is 0.276 e. The molecule has 0 unspecified atom stereocenters. The van der Waals surface area contributed by atoms with Gasteiger partial charge in [0.2, 0.25) is 0 Å². The number of amides is 1. The van der Waals surface area contributed by atoms with E-state index in [0.717, 1.165) is 38.8 Å². The molecule has 1 atom stereocenters. The summed E-state index contributed by atoms with van der Waals surface area (Å²) in [6.07, 6.45) is 9.20. The smallest absolute Gasteiger partial charge is 0.276 e. The molecule has 0 aliphatic carbocycles. The van der Waals surface area contributed by atoms with Gasteiger partial charge in [0, 0.05) is 37.7 Å². The summed E-state index contributed by atoms with van der Waals surface area (Å²) >= 11 is 0. The molecule has 1 N–H and O–H groups in total. The minimum Gasteiger partial charge on any atom is -0.505 e. The van der Waals surface area contributed by atoms with E-state index < -0.39 is 0 Å². The molecule has 1 amide bonds. The van der Waals surface area contributed by atoms with Gasteiger partial charge in [-0.25, -0.2) is 4.98 Å². The van der Waals surface area contributed by atoms with E-state index in [0.29, 0.717) is 0 Å². The van der Waals surface area contributed by atoms with Gasteiger partial charge in [0.15, 0.2) is 5.69 Å². The minimum absolute atomic E-state index is 0.0519. The van der Waals surface area contributed by atoms with Crippen molar-refractivity contribution in [2.24, 2.45) is 0 Å². The lowest BCUT2D eigenvalue weighted by Crippen LogP contribution is -2.44. The molecule has 22 heavy (non-hydrogen) atoms. The highest BCUT2D eigenvalue weighted by Crippen LogP contribution is 2.24. The molecule has 1 aliphatic rings. The molecular weight excluding hydrogens is 280 g/mol. The van der Waals surface area contributed by atoms with Crippen LogP contribution in [-0.2, 0) is 6.54 Å². The lowest BCUT2D eigenvalue weighted by Gasteiger charge is -2.35. The van der Waals surface area contributed by atoms with Gasteiger partial charge in [-0.3, -0.25) is 9.48 Å². The molecule has 2 aromatic rings. The molecule has 6 heteroatoms. The van der Waals surface area contributed by atoms with Gasteiger partial charge in [-0.15, -0.1) is 0 Å². The monoisotopic (exact) mass is 300 g/mol. The van der Waals surface area contributed by atoms with Crippen LogP contribution in [0.25, 0.3) is 0 Å². The number of carbonyl (C=O) groups is 1. The van der Waals surface area contributed by atoms with Crippen molar-refractivity contribution in [2.45, 2.75) is 38.3 Å². The SMILES string of the molecule is O=C(c1ncccc1O)N1CCCC[C@@H]1CCn1cccn1. The number of pyridine rings is 1. The highest BCUT2D eigenvalue weighted by atomic mass is 16.3. The van der Waals surface area contributed by atoms with Crippen LogP contribution in [0.2, 0.25) is 0 Å². The minimum atomic E-state index is -0.178.